The van der Waals surface area contributed by atoms with E-state index in [1.54, 1.807) is 12.4 Å². The molecule has 6 heteroatoms. The molecule has 0 aliphatic heterocycles. The summed E-state index contributed by atoms with van der Waals surface area (Å²) in [5.74, 6) is 1.99. The quantitative estimate of drug-likeness (QED) is 0.445. The number of alkyl halides is 1. The minimum atomic E-state index is 0.486. The summed E-state index contributed by atoms with van der Waals surface area (Å²) in [5, 5.41) is 0. The van der Waals surface area contributed by atoms with Gasteiger partial charge in [0, 0.05) is 16.4 Å². The first-order chi connectivity index (χ1) is 11.3. The van der Waals surface area contributed by atoms with Gasteiger partial charge >= 0.3 is 0 Å². The van der Waals surface area contributed by atoms with Crippen LogP contribution in [0.1, 0.15) is 17.1 Å². The predicted octanol–water partition coefficient (Wildman–Crippen LogP) is 4.00. The van der Waals surface area contributed by atoms with Crippen molar-refractivity contribution < 1.29 is 9.15 Å². The summed E-state index contributed by atoms with van der Waals surface area (Å²) in [6.07, 6.45) is 4.05. The van der Waals surface area contributed by atoms with E-state index in [1.165, 1.54) is 0 Å². The first kappa shape index (κ1) is 15.9. The Morgan fingerprint density at radius 1 is 1.13 bits per heavy atom. The highest BCUT2D eigenvalue weighted by molar-refractivity contribution is 14.1. The summed E-state index contributed by atoms with van der Waals surface area (Å²) in [5.41, 5.74) is 2.82. The van der Waals surface area contributed by atoms with Crippen molar-refractivity contribution >= 4 is 22.6 Å². The zero-order valence-electron chi connectivity index (χ0n) is 12.7. The molecular weight excluding hydrogens is 405 g/mol. The van der Waals surface area contributed by atoms with Crippen LogP contribution in [-0.2, 0) is 10.8 Å². The lowest BCUT2D eigenvalue weighted by Crippen LogP contribution is -2.04. The highest BCUT2D eigenvalue weighted by Crippen LogP contribution is 2.21. The van der Waals surface area contributed by atoms with Gasteiger partial charge in [-0.05, 0) is 19.1 Å². The van der Waals surface area contributed by atoms with Gasteiger partial charge in [0.1, 0.15) is 5.76 Å². The summed E-state index contributed by atoms with van der Waals surface area (Å²) in [4.78, 5) is 13.0. The third kappa shape index (κ3) is 4.07. The normalized spacial score (nSPS) is 10.7. The van der Waals surface area contributed by atoms with Gasteiger partial charge < -0.3 is 9.15 Å². The van der Waals surface area contributed by atoms with Crippen LogP contribution in [0.4, 0.5) is 0 Å². The van der Waals surface area contributed by atoms with Gasteiger partial charge in [0.25, 0.3) is 0 Å². The number of benzene rings is 1. The van der Waals surface area contributed by atoms with Gasteiger partial charge in [0.05, 0.1) is 30.4 Å². The topological polar surface area (TPSA) is 61.0 Å². The molecule has 23 heavy (non-hydrogen) atoms. The molecule has 0 saturated carbocycles. The molecule has 2 heterocycles. The van der Waals surface area contributed by atoms with E-state index < -0.39 is 0 Å². The lowest BCUT2D eigenvalue weighted by molar-refractivity contribution is 0.306. The van der Waals surface area contributed by atoms with Crippen molar-refractivity contribution in [2.75, 3.05) is 6.61 Å². The molecule has 0 N–H and O–H groups in total. The number of hydrogen-bond donors (Lipinski definition) is 0. The molecule has 0 radical (unpaired) electrons. The Morgan fingerprint density at radius 3 is 2.65 bits per heavy atom. The molecule has 0 aliphatic carbocycles. The third-order valence-corrected chi connectivity index (χ3v) is 4.10. The summed E-state index contributed by atoms with van der Waals surface area (Å²) < 4.78 is 12.2. The van der Waals surface area contributed by atoms with Crippen molar-refractivity contribution in [3.8, 4) is 17.3 Å². The molecule has 0 spiro atoms. The molecule has 0 atom stereocenters. The molecule has 3 aromatic rings. The summed E-state index contributed by atoms with van der Waals surface area (Å²) >= 11 is 2.25. The van der Waals surface area contributed by atoms with Crippen LogP contribution in [0.25, 0.3) is 11.5 Å². The second-order valence-corrected chi connectivity index (χ2v) is 5.73. The predicted molar refractivity (Wildman–Crippen MR) is 95.6 cm³/mol. The number of aryl methyl sites for hydroxylation is 1. The fraction of sp³-hybridized carbons (Fsp3) is 0.235. The molecule has 0 saturated heterocycles. The van der Waals surface area contributed by atoms with Gasteiger partial charge in [0.15, 0.2) is 0 Å². The zero-order chi connectivity index (χ0) is 16.1. The van der Waals surface area contributed by atoms with E-state index in [0.717, 1.165) is 27.1 Å². The van der Waals surface area contributed by atoms with Crippen molar-refractivity contribution in [1.82, 2.24) is 15.0 Å². The smallest absolute Gasteiger partial charge is 0.232 e. The number of aromatic nitrogens is 3. The van der Waals surface area contributed by atoms with Crippen molar-refractivity contribution in [2.45, 2.75) is 17.8 Å². The van der Waals surface area contributed by atoms with Gasteiger partial charge in [-0.1, -0.05) is 40.8 Å². The van der Waals surface area contributed by atoms with Crippen LogP contribution < -0.4 is 4.74 Å². The first-order valence-electron chi connectivity index (χ1n) is 7.27. The fourth-order valence-corrected chi connectivity index (χ4v) is 2.50. The molecule has 0 bridgehead atoms. The Hall–Kier alpha value is -1.96. The summed E-state index contributed by atoms with van der Waals surface area (Å²) in [6, 6.07) is 9.87. The van der Waals surface area contributed by atoms with E-state index in [-0.39, 0.29) is 0 Å². The maximum Gasteiger partial charge on any atom is 0.232 e. The second kappa shape index (κ2) is 7.54. The van der Waals surface area contributed by atoms with E-state index in [0.29, 0.717) is 24.8 Å². The van der Waals surface area contributed by atoms with E-state index >= 15 is 0 Å². The highest BCUT2D eigenvalue weighted by atomic mass is 127. The molecule has 0 amide bonds. The minimum absolute atomic E-state index is 0.486. The number of ether oxygens (including phenoxy) is 1. The van der Waals surface area contributed by atoms with Gasteiger partial charge in [-0.15, -0.1) is 0 Å². The Kier molecular flexibility index (Phi) is 5.22. The Bertz CT molecular complexity index is 757. The molecule has 2 aromatic heterocycles. The minimum Gasteiger partial charge on any atom is -0.476 e. The van der Waals surface area contributed by atoms with Crippen molar-refractivity contribution in [3.63, 3.8) is 0 Å². The monoisotopic (exact) mass is 421 g/mol. The lowest BCUT2D eigenvalue weighted by Gasteiger charge is -2.03. The van der Waals surface area contributed by atoms with Crippen LogP contribution in [0.15, 0.2) is 47.1 Å². The van der Waals surface area contributed by atoms with Gasteiger partial charge in [-0.25, -0.2) is 9.97 Å². The van der Waals surface area contributed by atoms with E-state index in [4.69, 9.17) is 9.15 Å². The van der Waals surface area contributed by atoms with Crippen molar-refractivity contribution in [2.24, 2.45) is 0 Å². The van der Waals surface area contributed by atoms with E-state index in [1.807, 2.05) is 37.3 Å². The third-order valence-electron chi connectivity index (χ3n) is 3.32. The Labute approximate surface area is 148 Å². The Balaban J connectivity index is 1.61. The molecule has 3 rings (SSSR count). The van der Waals surface area contributed by atoms with Crippen molar-refractivity contribution in [3.05, 3.63) is 59.9 Å². The summed E-state index contributed by atoms with van der Waals surface area (Å²) in [6.45, 7) is 2.41. The SMILES string of the molecule is Cc1oc(-c2ccccc2)nc1CCOc1cnc(CI)cn1. The highest BCUT2D eigenvalue weighted by Gasteiger charge is 2.11. The molecular formula is C17H16IN3O2. The van der Waals surface area contributed by atoms with Crippen LogP contribution in [0.5, 0.6) is 5.88 Å². The number of oxazole rings is 1. The maximum atomic E-state index is 5.74. The van der Waals surface area contributed by atoms with E-state index in [9.17, 15) is 0 Å². The van der Waals surface area contributed by atoms with Crippen LogP contribution in [0, 0.1) is 6.92 Å². The molecule has 1 aromatic carbocycles. The molecule has 0 aliphatic rings. The average Bonchev–Trinajstić information content (AvgIpc) is 2.97. The lowest BCUT2D eigenvalue weighted by atomic mass is 10.2. The van der Waals surface area contributed by atoms with Crippen LogP contribution in [-0.4, -0.2) is 21.6 Å². The van der Waals surface area contributed by atoms with Gasteiger partial charge in [-0.2, -0.15) is 0 Å². The number of hydrogen-bond acceptors (Lipinski definition) is 5. The number of rotatable bonds is 6. The molecule has 0 unspecified atom stereocenters. The van der Waals surface area contributed by atoms with Crippen LogP contribution >= 0.6 is 22.6 Å². The summed E-state index contributed by atoms with van der Waals surface area (Å²) in [7, 11) is 0. The zero-order valence-corrected chi connectivity index (χ0v) is 14.9. The van der Waals surface area contributed by atoms with Crippen LogP contribution in [0.3, 0.4) is 0 Å². The molecule has 0 fully saturated rings. The molecule has 118 valence electrons. The maximum absolute atomic E-state index is 5.74. The Morgan fingerprint density at radius 2 is 1.96 bits per heavy atom. The standard InChI is InChI=1S/C17H16IN3O2/c1-12-15(21-17(23-12)13-5-3-2-4-6-13)7-8-22-16-11-19-14(9-18)10-20-16/h2-6,10-11H,7-9H2,1H3. The molecule has 5 nitrogen and oxygen atoms in total. The largest absolute Gasteiger partial charge is 0.476 e. The fourth-order valence-electron chi connectivity index (χ4n) is 2.10. The van der Waals surface area contributed by atoms with Crippen molar-refractivity contribution in [1.29, 1.82) is 0 Å². The first-order valence-corrected chi connectivity index (χ1v) is 8.80. The van der Waals surface area contributed by atoms with Crippen LogP contribution in [0.2, 0.25) is 0 Å². The number of nitrogens with zero attached hydrogens (tertiary/aromatic N) is 3. The van der Waals surface area contributed by atoms with E-state index in [2.05, 4.69) is 37.5 Å². The van der Waals surface area contributed by atoms with Gasteiger partial charge in [0.2, 0.25) is 11.8 Å². The number of halogens is 1. The van der Waals surface area contributed by atoms with Gasteiger partial charge in [-0.3, -0.25) is 4.98 Å². The average molecular weight is 421 g/mol. The second-order valence-electron chi connectivity index (χ2n) is 4.97.